The molecule has 0 bridgehead atoms. The number of rotatable bonds is 15. The number of likely N-dealkylation sites (N-methyl/N-ethyl adjacent to an activating group) is 1. The van der Waals surface area contributed by atoms with Gasteiger partial charge in [0, 0.05) is 44.3 Å². The van der Waals surface area contributed by atoms with Crippen LogP contribution in [0.25, 0.3) is 0 Å². The number of amides is 3. The number of hydrogen-bond acceptors (Lipinski definition) is 12. The van der Waals surface area contributed by atoms with Crippen LogP contribution in [0.2, 0.25) is 0 Å². The molecule has 306 valence electrons. The van der Waals surface area contributed by atoms with Crippen LogP contribution in [0.5, 0.6) is 5.75 Å². The Labute approximate surface area is 330 Å². The maximum Gasteiger partial charge on any atom is 0.407 e. The molecule has 0 spiro atoms. The number of fused-ring (bicyclic) bond motifs is 1. The molecule has 2 atom stereocenters. The van der Waals surface area contributed by atoms with E-state index in [1.165, 1.54) is 0 Å². The Morgan fingerprint density at radius 1 is 1.00 bits per heavy atom. The molecule has 2 aliphatic carbocycles. The van der Waals surface area contributed by atoms with Crippen LogP contribution in [0.4, 0.5) is 27.9 Å². The summed E-state index contributed by atoms with van der Waals surface area (Å²) < 4.78 is 16.8. The smallest absolute Gasteiger partial charge is 0.407 e. The molecule has 0 unspecified atom stereocenters. The molecule has 3 N–H and O–H groups in total. The fraction of sp³-hybridized carbons (Fsp3) is 0.659. The molecule has 3 heterocycles. The Bertz CT molecular complexity index is 1690. The molecule has 2 aromatic rings. The van der Waals surface area contributed by atoms with Crippen molar-refractivity contribution in [3.8, 4) is 5.75 Å². The van der Waals surface area contributed by atoms with E-state index in [1.54, 1.807) is 43.5 Å². The van der Waals surface area contributed by atoms with Gasteiger partial charge in [-0.05, 0) is 88.3 Å². The zero-order valence-corrected chi connectivity index (χ0v) is 33.7. The zero-order chi connectivity index (χ0) is 39.8. The molecule has 1 saturated heterocycles. The van der Waals surface area contributed by atoms with E-state index in [0.29, 0.717) is 48.0 Å². The lowest BCUT2D eigenvalue weighted by Gasteiger charge is -2.43. The van der Waals surface area contributed by atoms with Crippen LogP contribution >= 0.6 is 0 Å². The first-order chi connectivity index (χ1) is 27.0. The fourth-order valence-electron chi connectivity index (χ4n) is 8.46. The van der Waals surface area contributed by atoms with Crippen molar-refractivity contribution in [1.82, 2.24) is 25.5 Å². The number of alkyl carbamates (subject to hydrolysis) is 1. The first-order valence-electron chi connectivity index (χ1n) is 20.6. The fourth-order valence-corrected chi connectivity index (χ4v) is 8.46. The number of anilines is 4. The van der Waals surface area contributed by atoms with E-state index in [0.717, 1.165) is 83.1 Å². The quantitative estimate of drug-likeness (QED) is 0.193. The monoisotopic (exact) mass is 776 g/mol. The highest BCUT2D eigenvalue weighted by Gasteiger charge is 2.41. The van der Waals surface area contributed by atoms with E-state index in [9.17, 15) is 19.2 Å². The molecule has 1 aromatic heterocycles. The first-order valence-corrected chi connectivity index (χ1v) is 20.6. The molecule has 6 rings (SSSR count). The number of esters is 1. The molecular weight excluding hydrogens is 716 g/mol. The molecule has 0 radical (unpaired) electrons. The number of hydrogen-bond donors (Lipinski definition) is 3. The average Bonchev–Trinajstić information content (AvgIpc) is 3.92. The van der Waals surface area contributed by atoms with Gasteiger partial charge >= 0.3 is 12.1 Å². The predicted molar refractivity (Wildman–Crippen MR) is 214 cm³/mol. The number of methoxy groups -OCH3 is 1. The van der Waals surface area contributed by atoms with Gasteiger partial charge in [-0.1, -0.05) is 33.6 Å². The molecule has 3 amide bonds. The number of nitrogens with one attached hydrogen (secondary N) is 3. The summed E-state index contributed by atoms with van der Waals surface area (Å²) >= 11 is 0. The van der Waals surface area contributed by atoms with Crippen LogP contribution in [-0.2, 0) is 19.1 Å². The minimum atomic E-state index is -0.726. The lowest BCUT2D eigenvalue weighted by atomic mass is 10.0. The maximum absolute atomic E-state index is 13.4. The highest BCUT2D eigenvalue weighted by Crippen LogP contribution is 2.40. The van der Waals surface area contributed by atoms with Crippen molar-refractivity contribution in [2.75, 3.05) is 55.5 Å². The summed E-state index contributed by atoms with van der Waals surface area (Å²) in [7, 11) is 3.34. The summed E-state index contributed by atoms with van der Waals surface area (Å²) in [6.45, 7) is 8.29. The average molecular weight is 777 g/mol. The summed E-state index contributed by atoms with van der Waals surface area (Å²) in [5.74, 6) is 1.31. The lowest BCUT2D eigenvalue weighted by Crippen LogP contribution is -2.55. The first kappa shape index (κ1) is 41.0. The number of likely N-dealkylation sites (tertiary alicyclic amines) is 1. The Morgan fingerprint density at radius 3 is 2.39 bits per heavy atom. The van der Waals surface area contributed by atoms with Gasteiger partial charge in [0.1, 0.15) is 36.2 Å². The predicted octanol–water partition coefficient (Wildman–Crippen LogP) is 5.55. The van der Waals surface area contributed by atoms with Crippen molar-refractivity contribution < 1.29 is 33.4 Å². The minimum Gasteiger partial charge on any atom is -0.495 e. The van der Waals surface area contributed by atoms with Crippen molar-refractivity contribution >= 4 is 47.0 Å². The van der Waals surface area contributed by atoms with Crippen molar-refractivity contribution in [3.05, 3.63) is 30.0 Å². The number of aromatic nitrogens is 2. The van der Waals surface area contributed by atoms with Crippen LogP contribution in [0.15, 0.2) is 24.4 Å². The molecule has 15 heteroatoms. The Kier molecular flexibility index (Phi) is 13.9. The van der Waals surface area contributed by atoms with Crippen molar-refractivity contribution in [1.29, 1.82) is 0 Å². The maximum atomic E-state index is 13.4. The molecular formula is C41H60N8O7. The summed E-state index contributed by atoms with van der Waals surface area (Å²) in [6, 6.07) is 4.52. The van der Waals surface area contributed by atoms with Gasteiger partial charge in [-0.25, -0.2) is 14.6 Å². The minimum absolute atomic E-state index is 0.00176. The third-order valence-corrected chi connectivity index (χ3v) is 11.6. The Balaban J connectivity index is 0.976. The molecule has 1 aromatic carbocycles. The third-order valence-electron chi connectivity index (χ3n) is 11.6. The summed E-state index contributed by atoms with van der Waals surface area (Å²) in [5.41, 5.74) is 1.79. The molecule has 4 aliphatic rings. The number of ether oxygens (including phenoxy) is 3. The van der Waals surface area contributed by atoms with Gasteiger partial charge in [-0.2, -0.15) is 4.98 Å². The SMILES string of the molecule is CC[C@H]1C(=O)N(C)c2cnc(Nc3ccc(C(=O)NC4CCN(CCOC(=O)N[C@H](CC(C)C)C(=O)OC5CCCC5)CC4)cc3OC)nc2N1C1CCCC1. The van der Waals surface area contributed by atoms with Crippen LogP contribution in [-0.4, -0.2) is 109 Å². The van der Waals surface area contributed by atoms with Gasteiger partial charge in [0.05, 0.1) is 19.0 Å². The number of nitrogens with zero attached hydrogens (tertiary/aromatic N) is 5. The number of carbonyl (C=O) groups excluding carboxylic acids is 4. The van der Waals surface area contributed by atoms with Crippen LogP contribution < -0.4 is 30.5 Å². The molecule has 56 heavy (non-hydrogen) atoms. The topological polar surface area (TPSA) is 168 Å². The van der Waals surface area contributed by atoms with Gasteiger partial charge in [-0.15, -0.1) is 0 Å². The normalized spacial score (nSPS) is 20.2. The van der Waals surface area contributed by atoms with E-state index in [4.69, 9.17) is 19.2 Å². The van der Waals surface area contributed by atoms with Gasteiger partial charge in [0.15, 0.2) is 5.82 Å². The standard InChI is InChI=1S/C41H60N8O7/c1-6-33-38(51)47(4)34-25-42-40(46-36(34)49(33)29-11-7-8-12-29)44-31-16-15-27(24-35(31)54-5)37(50)43-28-17-19-48(20-18-28)21-22-55-41(53)45-32(23-26(2)3)39(52)56-30-13-9-10-14-30/h15-16,24-26,28-30,32-33H,6-14,17-23H2,1-5H3,(H,43,50)(H,45,53)(H,42,44,46)/t32-,33+/m1/s1. The van der Waals surface area contributed by atoms with Gasteiger partial charge < -0.3 is 40.0 Å². The van der Waals surface area contributed by atoms with Gasteiger partial charge in [0.25, 0.3) is 5.91 Å². The second-order valence-corrected chi connectivity index (χ2v) is 16.0. The zero-order valence-electron chi connectivity index (χ0n) is 33.7. The summed E-state index contributed by atoms with van der Waals surface area (Å²) in [4.78, 5) is 67.5. The highest BCUT2D eigenvalue weighted by atomic mass is 16.6. The van der Waals surface area contributed by atoms with Crippen molar-refractivity contribution in [3.63, 3.8) is 0 Å². The van der Waals surface area contributed by atoms with Gasteiger partial charge in [0.2, 0.25) is 11.9 Å². The largest absolute Gasteiger partial charge is 0.495 e. The van der Waals surface area contributed by atoms with Crippen molar-refractivity contribution in [2.45, 2.75) is 128 Å². The van der Waals surface area contributed by atoms with Crippen LogP contribution in [0, 0.1) is 5.92 Å². The summed E-state index contributed by atoms with van der Waals surface area (Å²) in [5, 5.41) is 9.17. The number of piperidine rings is 1. The van der Waals surface area contributed by atoms with E-state index < -0.39 is 12.1 Å². The highest BCUT2D eigenvalue weighted by molar-refractivity contribution is 6.04. The van der Waals surface area contributed by atoms with E-state index in [-0.39, 0.29) is 54.5 Å². The number of carbonyl (C=O) groups is 4. The van der Waals surface area contributed by atoms with Gasteiger partial charge in [-0.3, -0.25) is 14.5 Å². The number of benzene rings is 1. The Hall–Kier alpha value is -4.66. The molecule has 3 fully saturated rings. The van der Waals surface area contributed by atoms with E-state index >= 15 is 0 Å². The van der Waals surface area contributed by atoms with E-state index in [2.05, 4.69) is 30.7 Å². The third kappa shape index (κ3) is 10.0. The molecule has 15 nitrogen and oxygen atoms in total. The lowest BCUT2D eigenvalue weighted by molar-refractivity contribution is -0.151. The molecule has 2 saturated carbocycles. The van der Waals surface area contributed by atoms with E-state index in [1.807, 2.05) is 20.8 Å². The van der Waals surface area contributed by atoms with Crippen molar-refractivity contribution in [2.24, 2.45) is 5.92 Å². The Morgan fingerprint density at radius 2 is 1.71 bits per heavy atom. The second kappa shape index (κ2) is 19.0. The molecule has 2 aliphatic heterocycles. The summed E-state index contributed by atoms with van der Waals surface area (Å²) in [6.07, 6.45) is 11.9. The van der Waals surface area contributed by atoms with Crippen LogP contribution in [0.3, 0.4) is 0 Å². The second-order valence-electron chi connectivity index (χ2n) is 16.0. The van der Waals surface area contributed by atoms with Crippen LogP contribution in [0.1, 0.15) is 108 Å².